The number of rotatable bonds is 4. The van der Waals surface area contributed by atoms with Crippen LogP contribution in [0.2, 0.25) is 0 Å². The molecule has 1 aliphatic rings. The van der Waals surface area contributed by atoms with Crippen LogP contribution >= 0.6 is 11.3 Å². The summed E-state index contributed by atoms with van der Waals surface area (Å²) in [4.78, 5) is 38.3. The van der Waals surface area contributed by atoms with Crippen LogP contribution in [0.1, 0.15) is 12.1 Å². The molecule has 1 aromatic carbocycles. The van der Waals surface area contributed by atoms with Gasteiger partial charge in [0.1, 0.15) is 5.69 Å². The smallest absolute Gasteiger partial charge is 0.433 e. The number of halogens is 3. The van der Waals surface area contributed by atoms with E-state index in [0.29, 0.717) is 39.6 Å². The summed E-state index contributed by atoms with van der Waals surface area (Å²) in [6.45, 7) is 1.37. The molecule has 0 aliphatic carbocycles. The van der Waals surface area contributed by atoms with Crippen LogP contribution in [0.25, 0.3) is 10.4 Å². The zero-order valence-electron chi connectivity index (χ0n) is 17.4. The zero-order valence-corrected chi connectivity index (χ0v) is 18.2. The number of benzene rings is 1. The summed E-state index contributed by atoms with van der Waals surface area (Å²) in [6, 6.07) is 4.97. The fraction of sp³-hybridized carbons (Fsp3) is 0.250. The normalized spacial score (nSPS) is 14.4. The number of nitrogens with two attached hydrogens (primary N) is 1. The number of carbonyl (C=O) groups is 2. The molecule has 178 valence electrons. The Bertz CT molecular complexity index is 1230. The summed E-state index contributed by atoms with van der Waals surface area (Å²) in [5.41, 5.74) is 5.34. The van der Waals surface area contributed by atoms with Crippen LogP contribution in [0.15, 0.2) is 36.7 Å². The maximum atomic E-state index is 13.1. The summed E-state index contributed by atoms with van der Waals surface area (Å²) < 4.78 is 39.2. The number of anilines is 4. The van der Waals surface area contributed by atoms with E-state index in [1.165, 1.54) is 23.5 Å². The topological polar surface area (TPSA) is 138 Å². The molecule has 34 heavy (non-hydrogen) atoms. The molecule has 0 atom stereocenters. The molecule has 0 radical (unpaired) electrons. The van der Waals surface area contributed by atoms with Crippen molar-refractivity contribution < 1.29 is 27.9 Å². The van der Waals surface area contributed by atoms with Gasteiger partial charge in [-0.15, -0.1) is 0 Å². The molecule has 1 saturated heterocycles. The second-order valence-corrected chi connectivity index (χ2v) is 8.31. The maximum absolute atomic E-state index is 13.1. The number of carboxylic acid groups (broad SMARTS) is 1. The Hall–Kier alpha value is -3.94. The number of hydrogen-bond acceptors (Lipinski definition) is 8. The van der Waals surface area contributed by atoms with Gasteiger partial charge in [0, 0.05) is 31.2 Å². The van der Waals surface area contributed by atoms with Gasteiger partial charge in [0.25, 0.3) is 0 Å². The van der Waals surface area contributed by atoms with Gasteiger partial charge in [0.05, 0.1) is 17.1 Å². The minimum absolute atomic E-state index is 0.0362. The van der Waals surface area contributed by atoms with Crippen LogP contribution in [0.5, 0.6) is 0 Å². The number of amides is 2. The summed E-state index contributed by atoms with van der Waals surface area (Å²) in [6.07, 6.45) is -3.20. The Morgan fingerprint density at radius 2 is 2.06 bits per heavy atom. The molecule has 4 N–H and O–H groups in total. The standard InChI is InChI=1S/C20H18F3N7O3S/c21-20(22,23)15-2-4-26-17(28-15)30(19(32)33)13-7-11(6-12(24)8-13)14-9-27-18(34-14)29-5-1-3-25-16(31)10-29/h2,4,6-9H,1,3,5,10,24H2,(H,25,31)(H,32,33). The van der Waals surface area contributed by atoms with Gasteiger partial charge in [0.2, 0.25) is 11.9 Å². The lowest BCUT2D eigenvalue weighted by atomic mass is 10.1. The van der Waals surface area contributed by atoms with E-state index in [1.807, 2.05) is 4.90 Å². The first-order valence-electron chi connectivity index (χ1n) is 9.93. The Morgan fingerprint density at radius 1 is 1.26 bits per heavy atom. The van der Waals surface area contributed by atoms with E-state index in [4.69, 9.17) is 5.73 Å². The molecule has 0 bridgehead atoms. The van der Waals surface area contributed by atoms with Gasteiger partial charge in [-0.05, 0) is 36.2 Å². The fourth-order valence-corrected chi connectivity index (χ4v) is 4.27. The maximum Gasteiger partial charge on any atom is 0.433 e. The monoisotopic (exact) mass is 493 g/mol. The zero-order chi connectivity index (χ0) is 24.5. The lowest BCUT2D eigenvalue weighted by molar-refractivity contribution is -0.141. The molecule has 2 aromatic heterocycles. The van der Waals surface area contributed by atoms with Crippen LogP contribution in [-0.4, -0.2) is 51.7 Å². The van der Waals surface area contributed by atoms with Gasteiger partial charge in [-0.3, -0.25) is 4.79 Å². The fourth-order valence-electron chi connectivity index (χ4n) is 3.35. The Labute approximate surface area is 194 Å². The Balaban J connectivity index is 1.70. The third-order valence-corrected chi connectivity index (χ3v) is 5.94. The third-order valence-electron chi connectivity index (χ3n) is 4.83. The Morgan fingerprint density at radius 3 is 2.79 bits per heavy atom. The second kappa shape index (κ2) is 9.13. The van der Waals surface area contributed by atoms with Crippen molar-refractivity contribution in [3.8, 4) is 10.4 Å². The molecule has 1 aliphatic heterocycles. The van der Waals surface area contributed by atoms with Crippen molar-refractivity contribution in [1.82, 2.24) is 20.3 Å². The Kier molecular flexibility index (Phi) is 6.24. The second-order valence-electron chi connectivity index (χ2n) is 7.30. The van der Waals surface area contributed by atoms with Crippen LogP contribution in [-0.2, 0) is 11.0 Å². The summed E-state index contributed by atoms with van der Waals surface area (Å²) in [5.74, 6) is -0.780. The van der Waals surface area contributed by atoms with E-state index in [-0.39, 0.29) is 23.8 Å². The highest BCUT2D eigenvalue weighted by Crippen LogP contribution is 2.36. The first-order chi connectivity index (χ1) is 16.1. The average molecular weight is 493 g/mol. The van der Waals surface area contributed by atoms with Crippen LogP contribution in [0, 0.1) is 0 Å². The van der Waals surface area contributed by atoms with E-state index in [2.05, 4.69) is 20.3 Å². The highest BCUT2D eigenvalue weighted by atomic mass is 32.1. The van der Waals surface area contributed by atoms with E-state index >= 15 is 0 Å². The van der Waals surface area contributed by atoms with Gasteiger partial charge in [-0.25, -0.2) is 24.6 Å². The lowest BCUT2D eigenvalue weighted by Gasteiger charge is -2.19. The molecule has 0 unspecified atom stereocenters. The van der Waals surface area contributed by atoms with E-state index in [0.717, 1.165) is 12.6 Å². The molecule has 4 rings (SSSR count). The van der Waals surface area contributed by atoms with E-state index in [9.17, 15) is 27.9 Å². The van der Waals surface area contributed by atoms with Crippen molar-refractivity contribution in [3.63, 3.8) is 0 Å². The van der Waals surface area contributed by atoms with Gasteiger partial charge in [-0.2, -0.15) is 13.2 Å². The van der Waals surface area contributed by atoms with Gasteiger partial charge < -0.3 is 21.1 Å². The van der Waals surface area contributed by atoms with E-state index < -0.39 is 23.9 Å². The molecular formula is C20H18F3N7O3S. The quantitative estimate of drug-likeness (QED) is 0.471. The highest BCUT2D eigenvalue weighted by molar-refractivity contribution is 7.18. The third kappa shape index (κ3) is 5.01. The molecule has 14 heteroatoms. The number of nitrogens with zero attached hydrogens (tertiary/aromatic N) is 5. The molecule has 10 nitrogen and oxygen atoms in total. The SMILES string of the molecule is Nc1cc(-c2cnc(N3CCCNC(=O)C3)s2)cc(N(C(=O)O)c2nccc(C(F)(F)F)n2)c1. The number of nitrogens with one attached hydrogen (secondary N) is 1. The predicted molar refractivity (Wildman–Crippen MR) is 119 cm³/mol. The van der Waals surface area contributed by atoms with Gasteiger partial charge >= 0.3 is 12.3 Å². The molecule has 3 aromatic rings. The van der Waals surface area contributed by atoms with Crippen molar-refractivity contribution in [3.05, 3.63) is 42.4 Å². The molecule has 0 spiro atoms. The summed E-state index contributed by atoms with van der Waals surface area (Å²) in [7, 11) is 0. The predicted octanol–water partition coefficient (Wildman–Crippen LogP) is 3.34. The highest BCUT2D eigenvalue weighted by Gasteiger charge is 2.34. The van der Waals surface area contributed by atoms with Crippen molar-refractivity contribution in [1.29, 1.82) is 0 Å². The minimum atomic E-state index is -4.77. The molecule has 2 amide bonds. The molecule has 3 heterocycles. The number of aromatic nitrogens is 3. The summed E-state index contributed by atoms with van der Waals surface area (Å²) in [5, 5.41) is 13.1. The average Bonchev–Trinajstić information content (AvgIpc) is 3.15. The van der Waals surface area contributed by atoms with Crippen LogP contribution in [0.4, 0.5) is 40.4 Å². The lowest BCUT2D eigenvalue weighted by Crippen LogP contribution is -2.32. The molecule has 0 saturated carbocycles. The van der Waals surface area contributed by atoms with Crippen molar-refractivity contribution in [2.45, 2.75) is 12.6 Å². The van der Waals surface area contributed by atoms with Gasteiger partial charge in [0.15, 0.2) is 5.13 Å². The number of hydrogen-bond donors (Lipinski definition) is 3. The first kappa shape index (κ1) is 23.2. The summed E-state index contributed by atoms with van der Waals surface area (Å²) >= 11 is 1.28. The van der Waals surface area contributed by atoms with Gasteiger partial charge in [-0.1, -0.05) is 11.3 Å². The molecule has 1 fully saturated rings. The largest absolute Gasteiger partial charge is 0.464 e. The number of alkyl halides is 3. The van der Waals surface area contributed by atoms with E-state index in [1.54, 1.807) is 12.3 Å². The minimum Gasteiger partial charge on any atom is -0.464 e. The molecular weight excluding hydrogens is 475 g/mol. The van der Waals surface area contributed by atoms with Crippen LogP contribution in [0.3, 0.4) is 0 Å². The van der Waals surface area contributed by atoms with Crippen molar-refractivity contribution >= 4 is 45.8 Å². The number of carbonyl (C=O) groups excluding carboxylic acids is 1. The van der Waals surface area contributed by atoms with Crippen molar-refractivity contribution in [2.24, 2.45) is 0 Å². The van der Waals surface area contributed by atoms with Crippen LogP contribution < -0.4 is 20.9 Å². The number of nitrogen functional groups attached to an aromatic ring is 1. The number of thiazole rings is 1. The van der Waals surface area contributed by atoms with Crippen molar-refractivity contribution in [2.75, 3.05) is 35.2 Å². The first-order valence-corrected chi connectivity index (χ1v) is 10.7.